The zero-order valence-electron chi connectivity index (χ0n) is 21.7. The van der Waals surface area contributed by atoms with Gasteiger partial charge < -0.3 is 25.0 Å². The normalized spacial score (nSPS) is 22.2. The molecule has 0 saturated carbocycles. The molecule has 37 heavy (non-hydrogen) atoms. The second kappa shape index (κ2) is 11.4. The van der Waals surface area contributed by atoms with Crippen molar-refractivity contribution in [3.63, 3.8) is 0 Å². The molecule has 3 aliphatic rings. The van der Waals surface area contributed by atoms with E-state index in [1.165, 1.54) is 5.56 Å². The minimum Gasteiger partial charge on any atom is -0.466 e. The van der Waals surface area contributed by atoms with E-state index < -0.39 is 0 Å². The predicted octanol–water partition coefficient (Wildman–Crippen LogP) is 2.96. The molecule has 5 rings (SSSR count). The van der Waals surface area contributed by atoms with Crippen molar-refractivity contribution in [2.24, 2.45) is 0 Å². The Bertz CT molecular complexity index is 1120. The van der Waals surface area contributed by atoms with E-state index in [4.69, 9.17) is 19.4 Å². The van der Waals surface area contributed by atoms with Gasteiger partial charge in [0.25, 0.3) is 0 Å². The lowest BCUT2D eigenvalue weighted by Gasteiger charge is -2.40. The number of nitrogens with zero attached hydrogens (tertiary/aromatic N) is 4. The van der Waals surface area contributed by atoms with Crippen LogP contribution in [0.5, 0.6) is 0 Å². The topological polar surface area (TPSA) is 109 Å². The monoisotopic (exact) mass is 508 g/mol. The SMILES string of the molecule is CCNC(=O)Nc1ccc(-c2nc3c(c(N4CCOC[C@@H]4CC)n2)CCN(C2CCOC(=O)C2)C3)cc1. The van der Waals surface area contributed by atoms with Crippen molar-refractivity contribution < 1.29 is 19.1 Å². The van der Waals surface area contributed by atoms with E-state index in [0.29, 0.717) is 50.8 Å². The lowest BCUT2D eigenvalue weighted by molar-refractivity contribution is -0.150. The molecule has 1 unspecified atom stereocenters. The molecular formula is C27H36N6O4. The third kappa shape index (κ3) is 5.70. The van der Waals surface area contributed by atoms with Crippen LogP contribution in [0.1, 0.15) is 44.4 Å². The van der Waals surface area contributed by atoms with Gasteiger partial charge in [-0.3, -0.25) is 9.69 Å². The summed E-state index contributed by atoms with van der Waals surface area (Å²) in [6, 6.07) is 7.86. The molecule has 0 spiro atoms. The van der Waals surface area contributed by atoms with Gasteiger partial charge >= 0.3 is 12.0 Å². The van der Waals surface area contributed by atoms with Crippen molar-refractivity contribution in [3.8, 4) is 11.4 Å². The number of amides is 2. The molecule has 0 radical (unpaired) electrons. The number of hydrogen-bond acceptors (Lipinski definition) is 8. The second-order valence-electron chi connectivity index (χ2n) is 9.78. The van der Waals surface area contributed by atoms with Gasteiger partial charge in [0.2, 0.25) is 0 Å². The van der Waals surface area contributed by atoms with Crippen LogP contribution in [0.3, 0.4) is 0 Å². The predicted molar refractivity (Wildman–Crippen MR) is 141 cm³/mol. The van der Waals surface area contributed by atoms with Gasteiger partial charge in [0.05, 0.1) is 38.0 Å². The maximum atomic E-state index is 11.9. The lowest BCUT2D eigenvalue weighted by atomic mass is 9.98. The van der Waals surface area contributed by atoms with E-state index in [-0.39, 0.29) is 24.1 Å². The Balaban J connectivity index is 1.47. The highest BCUT2D eigenvalue weighted by Gasteiger charge is 2.33. The number of carbonyl (C=O) groups excluding carboxylic acids is 2. The number of urea groups is 1. The molecule has 2 aromatic rings. The van der Waals surface area contributed by atoms with Crippen molar-refractivity contribution in [1.29, 1.82) is 0 Å². The molecule has 10 heteroatoms. The fourth-order valence-corrected chi connectivity index (χ4v) is 5.39. The summed E-state index contributed by atoms with van der Waals surface area (Å²) in [4.78, 5) is 38.8. The number of hydrogen-bond donors (Lipinski definition) is 2. The first-order chi connectivity index (χ1) is 18.1. The Hall–Kier alpha value is -3.24. The highest BCUT2D eigenvalue weighted by atomic mass is 16.5. The number of nitrogens with one attached hydrogen (secondary N) is 2. The molecule has 2 fully saturated rings. The van der Waals surface area contributed by atoms with Gasteiger partial charge in [-0.25, -0.2) is 14.8 Å². The number of aromatic nitrogens is 2. The molecule has 1 aromatic heterocycles. The number of ether oxygens (including phenoxy) is 2. The first-order valence-electron chi connectivity index (χ1n) is 13.3. The number of cyclic esters (lactones) is 1. The first kappa shape index (κ1) is 25.4. The maximum absolute atomic E-state index is 11.9. The summed E-state index contributed by atoms with van der Waals surface area (Å²) in [5.41, 5.74) is 3.83. The van der Waals surface area contributed by atoms with Crippen LogP contribution in [-0.4, -0.2) is 78.4 Å². The van der Waals surface area contributed by atoms with Crippen molar-refractivity contribution in [2.75, 3.05) is 49.7 Å². The maximum Gasteiger partial charge on any atom is 0.319 e. The standard InChI is InChI=1S/C27H36N6O4/c1-3-20-17-36-14-12-33(20)26-22-9-11-32(21-10-13-37-24(34)15-21)16-23(22)30-25(31-26)18-5-7-19(8-6-18)29-27(35)28-4-2/h5-8,20-21H,3-4,9-17H2,1-2H3,(H2,28,29,35)/t20-,21?/m0/s1. The molecule has 0 aliphatic carbocycles. The van der Waals surface area contributed by atoms with Gasteiger partial charge in [-0.05, 0) is 50.5 Å². The minimum atomic E-state index is -0.229. The number of benzene rings is 1. The fraction of sp³-hybridized carbons (Fsp3) is 0.556. The van der Waals surface area contributed by atoms with Crippen molar-refractivity contribution in [2.45, 2.75) is 58.2 Å². The van der Waals surface area contributed by atoms with Crippen LogP contribution in [0.25, 0.3) is 11.4 Å². The molecule has 2 N–H and O–H groups in total. The zero-order chi connectivity index (χ0) is 25.8. The number of esters is 1. The van der Waals surface area contributed by atoms with Gasteiger partial charge in [-0.15, -0.1) is 0 Å². The van der Waals surface area contributed by atoms with Gasteiger partial charge in [-0.1, -0.05) is 6.92 Å². The summed E-state index contributed by atoms with van der Waals surface area (Å²) in [7, 11) is 0. The highest BCUT2D eigenvalue weighted by Crippen LogP contribution is 2.33. The third-order valence-corrected chi connectivity index (χ3v) is 7.41. The summed E-state index contributed by atoms with van der Waals surface area (Å²) in [6.07, 6.45) is 3.11. The van der Waals surface area contributed by atoms with Crippen molar-refractivity contribution >= 4 is 23.5 Å². The smallest absolute Gasteiger partial charge is 0.319 e. The molecule has 3 aliphatic heterocycles. The molecule has 10 nitrogen and oxygen atoms in total. The summed E-state index contributed by atoms with van der Waals surface area (Å²) < 4.78 is 11.0. The Kier molecular flexibility index (Phi) is 7.85. The van der Waals surface area contributed by atoms with Gasteiger partial charge in [0, 0.05) is 49.0 Å². The van der Waals surface area contributed by atoms with E-state index in [1.807, 2.05) is 31.2 Å². The van der Waals surface area contributed by atoms with Crippen LogP contribution >= 0.6 is 0 Å². The van der Waals surface area contributed by atoms with E-state index >= 15 is 0 Å². The number of carbonyl (C=O) groups is 2. The van der Waals surface area contributed by atoms with Crippen LogP contribution in [0, 0.1) is 0 Å². The summed E-state index contributed by atoms with van der Waals surface area (Å²) in [6.45, 7) is 8.86. The van der Waals surface area contributed by atoms with Gasteiger partial charge in [-0.2, -0.15) is 0 Å². The molecule has 0 bridgehead atoms. The molecule has 198 valence electrons. The summed E-state index contributed by atoms with van der Waals surface area (Å²) in [5, 5.41) is 5.57. The number of morpholine rings is 1. The molecule has 2 atom stereocenters. The molecular weight excluding hydrogens is 472 g/mol. The number of anilines is 2. The number of rotatable bonds is 6. The number of fused-ring (bicyclic) bond motifs is 1. The highest BCUT2D eigenvalue weighted by molar-refractivity contribution is 5.89. The van der Waals surface area contributed by atoms with Gasteiger partial charge in [0.15, 0.2) is 5.82 Å². The van der Waals surface area contributed by atoms with E-state index in [9.17, 15) is 9.59 Å². The average Bonchev–Trinajstić information content (AvgIpc) is 2.92. The Morgan fingerprint density at radius 3 is 2.73 bits per heavy atom. The zero-order valence-corrected chi connectivity index (χ0v) is 21.7. The molecule has 2 amide bonds. The molecule has 2 saturated heterocycles. The Morgan fingerprint density at radius 1 is 1.14 bits per heavy atom. The molecule has 4 heterocycles. The van der Waals surface area contributed by atoms with Crippen LogP contribution in [-0.2, 0) is 27.2 Å². The van der Waals surface area contributed by atoms with Crippen LogP contribution < -0.4 is 15.5 Å². The first-order valence-corrected chi connectivity index (χ1v) is 13.3. The van der Waals surface area contributed by atoms with E-state index in [1.54, 1.807) is 0 Å². The quantitative estimate of drug-likeness (QED) is 0.574. The van der Waals surface area contributed by atoms with E-state index in [2.05, 4.69) is 27.4 Å². The van der Waals surface area contributed by atoms with E-state index in [0.717, 1.165) is 49.4 Å². The minimum absolute atomic E-state index is 0.119. The van der Waals surface area contributed by atoms with Crippen molar-refractivity contribution in [3.05, 3.63) is 35.5 Å². The van der Waals surface area contributed by atoms with Gasteiger partial charge in [0.1, 0.15) is 5.82 Å². The third-order valence-electron chi connectivity index (χ3n) is 7.41. The largest absolute Gasteiger partial charge is 0.466 e. The van der Waals surface area contributed by atoms with Crippen LogP contribution in [0.2, 0.25) is 0 Å². The summed E-state index contributed by atoms with van der Waals surface area (Å²) in [5.74, 6) is 1.55. The lowest BCUT2D eigenvalue weighted by Crippen LogP contribution is -2.48. The average molecular weight is 509 g/mol. The van der Waals surface area contributed by atoms with Crippen LogP contribution in [0.4, 0.5) is 16.3 Å². The Labute approximate surface area is 217 Å². The fourth-order valence-electron chi connectivity index (χ4n) is 5.39. The van der Waals surface area contributed by atoms with Crippen LogP contribution in [0.15, 0.2) is 24.3 Å². The summed E-state index contributed by atoms with van der Waals surface area (Å²) >= 11 is 0. The molecule has 1 aromatic carbocycles. The second-order valence-corrected chi connectivity index (χ2v) is 9.78. The van der Waals surface area contributed by atoms with Crippen molar-refractivity contribution in [1.82, 2.24) is 20.2 Å². The Morgan fingerprint density at radius 2 is 1.97 bits per heavy atom.